The number of benzene rings is 1. The van der Waals surface area contributed by atoms with Gasteiger partial charge in [-0.2, -0.15) is 13.2 Å². The van der Waals surface area contributed by atoms with Crippen LogP contribution in [0.15, 0.2) is 24.3 Å². The standard InChI is InChI=1S/C13H15F3N2O3/c1-2-8(7-19)17-11(20)12(21)18-10-6-4-3-5-9(10)13(14,15)16/h3-6,8,19H,2,7H2,1H3,(H,17,20)(H,18,21)/t8-/m1/s1. The normalized spacial score (nSPS) is 12.6. The molecule has 0 saturated carbocycles. The van der Waals surface area contributed by atoms with Crippen LogP contribution in [-0.2, 0) is 15.8 Å². The van der Waals surface area contributed by atoms with Gasteiger partial charge in [-0.1, -0.05) is 19.1 Å². The highest BCUT2D eigenvalue weighted by Crippen LogP contribution is 2.34. The van der Waals surface area contributed by atoms with Crippen molar-refractivity contribution in [1.82, 2.24) is 5.32 Å². The molecule has 0 fully saturated rings. The number of aliphatic hydroxyl groups is 1. The van der Waals surface area contributed by atoms with Gasteiger partial charge < -0.3 is 15.7 Å². The van der Waals surface area contributed by atoms with E-state index in [2.05, 4.69) is 5.32 Å². The van der Waals surface area contributed by atoms with Crippen molar-refractivity contribution >= 4 is 17.5 Å². The third-order valence-corrected chi connectivity index (χ3v) is 2.74. The van der Waals surface area contributed by atoms with Crippen LogP contribution in [0, 0.1) is 0 Å². The van der Waals surface area contributed by atoms with Crippen molar-refractivity contribution in [2.45, 2.75) is 25.6 Å². The number of alkyl halides is 3. The molecule has 0 spiro atoms. The highest BCUT2D eigenvalue weighted by molar-refractivity contribution is 6.39. The molecule has 1 rings (SSSR count). The molecule has 116 valence electrons. The summed E-state index contributed by atoms with van der Waals surface area (Å²) in [5.74, 6) is -2.33. The number of aliphatic hydroxyl groups excluding tert-OH is 1. The van der Waals surface area contributed by atoms with Crippen molar-refractivity contribution in [2.75, 3.05) is 11.9 Å². The van der Waals surface area contributed by atoms with Crippen molar-refractivity contribution in [3.8, 4) is 0 Å². The second kappa shape index (κ2) is 7.07. The Kier molecular flexibility index (Phi) is 5.71. The average molecular weight is 304 g/mol. The van der Waals surface area contributed by atoms with Crippen LogP contribution in [0.5, 0.6) is 0 Å². The van der Waals surface area contributed by atoms with Crippen LogP contribution in [0.3, 0.4) is 0 Å². The molecule has 8 heteroatoms. The van der Waals surface area contributed by atoms with E-state index >= 15 is 0 Å². The molecular formula is C13H15F3N2O3. The summed E-state index contributed by atoms with van der Waals surface area (Å²) in [5.41, 5.74) is -1.54. The SMILES string of the molecule is CC[C@H](CO)NC(=O)C(=O)Nc1ccccc1C(F)(F)F. The highest BCUT2D eigenvalue weighted by atomic mass is 19.4. The van der Waals surface area contributed by atoms with E-state index in [1.54, 1.807) is 6.92 Å². The van der Waals surface area contributed by atoms with E-state index in [1.165, 1.54) is 12.1 Å². The Morgan fingerprint density at radius 1 is 1.24 bits per heavy atom. The van der Waals surface area contributed by atoms with Gasteiger partial charge in [0, 0.05) is 0 Å². The van der Waals surface area contributed by atoms with Gasteiger partial charge in [-0.3, -0.25) is 9.59 Å². The summed E-state index contributed by atoms with van der Waals surface area (Å²) in [6.45, 7) is 1.31. The maximum absolute atomic E-state index is 12.7. The van der Waals surface area contributed by atoms with Crippen LogP contribution in [0.4, 0.5) is 18.9 Å². The fraction of sp³-hybridized carbons (Fsp3) is 0.385. The van der Waals surface area contributed by atoms with E-state index in [0.717, 1.165) is 12.1 Å². The molecule has 1 atom stereocenters. The van der Waals surface area contributed by atoms with Gasteiger partial charge in [0.2, 0.25) is 0 Å². The quantitative estimate of drug-likeness (QED) is 0.738. The summed E-state index contributed by atoms with van der Waals surface area (Å²) >= 11 is 0. The minimum atomic E-state index is -4.64. The van der Waals surface area contributed by atoms with Crippen LogP contribution in [-0.4, -0.2) is 29.6 Å². The van der Waals surface area contributed by atoms with Gasteiger partial charge in [-0.25, -0.2) is 0 Å². The third-order valence-electron chi connectivity index (χ3n) is 2.74. The number of amides is 2. The van der Waals surface area contributed by atoms with Crippen LogP contribution in [0.1, 0.15) is 18.9 Å². The van der Waals surface area contributed by atoms with Gasteiger partial charge in [0.15, 0.2) is 0 Å². The Morgan fingerprint density at radius 3 is 2.38 bits per heavy atom. The number of anilines is 1. The van der Waals surface area contributed by atoms with Crippen molar-refractivity contribution in [2.24, 2.45) is 0 Å². The fourth-order valence-electron chi connectivity index (χ4n) is 1.55. The zero-order valence-corrected chi connectivity index (χ0v) is 11.2. The van der Waals surface area contributed by atoms with Crippen LogP contribution >= 0.6 is 0 Å². The molecule has 21 heavy (non-hydrogen) atoms. The molecule has 0 bridgehead atoms. The van der Waals surface area contributed by atoms with E-state index in [4.69, 9.17) is 5.11 Å². The van der Waals surface area contributed by atoms with E-state index in [9.17, 15) is 22.8 Å². The maximum Gasteiger partial charge on any atom is 0.418 e. The summed E-state index contributed by atoms with van der Waals surface area (Å²) in [7, 11) is 0. The lowest BCUT2D eigenvalue weighted by molar-refractivity contribution is -0.138. The topological polar surface area (TPSA) is 78.4 Å². The lowest BCUT2D eigenvalue weighted by Gasteiger charge is -2.15. The number of nitrogens with one attached hydrogen (secondary N) is 2. The first-order valence-corrected chi connectivity index (χ1v) is 6.18. The number of para-hydroxylation sites is 1. The number of hydrogen-bond donors (Lipinski definition) is 3. The van der Waals surface area contributed by atoms with Gasteiger partial charge in [0.1, 0.15) is 0 Å². The number of rotatable bonds is 4. The zero-order chi connectivity index (χ0) is 16.0. The van der Waals surface area contributed by atoms with Crippen LogP contribution in [0.2, 0.25) is 0 Å². The lowest BCUT2D eigenvalue weighted by atomic mass is 10.1. The van der Waals surface area contributed by atoms with Gasteiger partial charge in [-0.15, -0.1) is 0 Å². The maximum atomic E-state index is 12.7. The number of carbonyl (C=O) groups is 2. The van der Waals surface area contributed by atoms with E-state index in [-0.39, 0.29) is 6.61 Å². The molecule has 0 aliphatic carbocycles. The first kappa shape index (κ1) is 17.0. The Hall–Kier alpha value is -2.09. The van der Waals surface area contributed by atoms with E-state index in [1.807, 2.05) is 5.32 Å². The molecule has 2 amide bonds. The number of hydrogen-bond acceptors (Lipinski definition) is 3. The molecule has 0 saturated heterocycles. The molecular weight excluding hydrogens is 289 g/mol. The van der Waals surface area contributed by atoms with Crippen molar-refractivity contribution in [1.29, 1.82) is 0 Å². The molecule has 1 aromatic carbocycles. The van der Waals surface area contributed by atoms with Crippen LogP contribution < -0.4 is 10.6 Å². The molecule has 5 nitrogen and oxygen atoms in total. The van der Waals surface area contributed by atoms with Gasteiger partial charge in [-0.05, 0) is 18.6 Å². The Labute approximate surface area is 119 Å². The monoisotopic (exact) mass is 304 g/mol. The fourth-order valence-corrected chi connectivity index (χ4v) is 1.55. The average Bonchev–Trinajstić information content (AvgIpc) is 2.43. The number of carbonyl (C=O) groups excluding carboxylic acids is 2. The van der Waals surface area contributed by atoms with Crippen LogP contribution in [0.25, 0.3) is 0 Å². The Morgan fingerprint density at radius 2 is 1.86 bits per heavy atom. The van der Waals surface area contributed by atoms with Crippen molar-refractivity contribution in [3.05, 3.63) is 29.8 Å². The predicted molar refractivity (Wildman–Crippen MR) is 69.4 cm³/mol. The van der Waals surface area contributed by atoms with Crippen molar-refractivity contribution in [3.63, 3.8) is 0 Å². The summed E-state index contributed by atoms with van der Waals surface area (Å²) in [5, 5.41) is 13.0. The van der Waals surface area contributed by atoms with Gasteiger partial charge in [0.25, 0.3) is 0 Å². The minimum absolute atomic E-state index is 0.366. The summed E-state index contributed by atoms with van der Waals surface area (Å²) in [6.07, 6.45) is -4.26. The minimum Gasteiger partial charge on any atom is -0.394 e. The van der Waals surface area contributed by atoms with Crippen molar-refractivity contribution < 1.29 is 27.9 Å². The smallest absolute Gasteiger partial charge is 0.394 e. The first-order valence-electron chi connectivity index (χ1n) is 6.18. The zero-order valence-electron chi connectivity index (χ0n) is 11.2. The second-order valence-electron chi connectivity index (χ2n) is 4.26. The Bertz CT molecular complexity index is 514. The third kappa shape index (κ3) is 4.75. The largest absolute Gasteiger partial charge is 0.418 e. The van der Waals surface area contributed by atoms with Gasteiger partial charge >= 0.3 is 18.0 Å². The highest BCUT2D eigenvalue weighted by Gasteiger charge is 2.34. The molecule has 0 aromatic heterocycles. The molecule has 3 N–H and O–H groups in total. The molecule has 0 aliphatic rings. The Balaban J connectivity index is 2.82. The van der Waals surface area contributed by atoms with E-state index < -0.39 is 35.3 Å². The van der Waals surface area contributed by atoms with E-state index in [0.29, 0.717) is 6.42 Å². The second-order valence-corrected chi connectivity index (χ2v) is 4.26. The summed E-state index contributed by atoms with van der Waals surface area (Å²) in [4.78, 5) is 23.1. The predicted octanol–water partition coefficient (Wildman–Crippen LogP) is 1.53. The summed E-state index contributed by atoms with van der Waals surface area (Å²) in [6, 6.07) is 3.72. The molecule has 0 unspecified atom stereocenters. The summed E-state index contributed by atoms with van der Waals surface area (Å²) < 4.78 is 38.2. The molecule has 1 aromatic rings. The number of halogens is 3. The molecule has 0 aliphatic heterocycles. The first-order chi connectivity index (χ1) is 9.79. The lowest BCUT2D eigenvalue weighted by Crippen LogP contribution is -2.43. The molecule has 0 radical (unpaired) electrons. The molecule has 0 heterocycles. The van der Waals surface area contributed by atoms with Gasteiger partial charge in [0.05, 0.1) is 23.9 Å².